The van der Waals surface area contributed by atoms with E-state index in [9.17, 15) is 0 Å². The summed E-state index contributed by atoms with van der Waals surface area (Å²) >= 11 is 1.77. The molecule has 0 aliphatic heterocycles. The van der Waals surface area contributed by atoms with Gasteiger partial charge in [0.25, 0.3) is 0 Å². The fraction of sp³-hybridized carbons (Fsp3) is 0. The monoisotopic (exact) mass is 779 g/mol. The molecule has 0 fully saturated rings. The number of rotatable bonds is 2. The molecule has 0 aliphatic carbocycles. The number of para-hydroxylation sites is 3. The van der Waals surface area contributed by atoms with Gasteiger partial charge in [0.05, 0.1) is 48.8 Å². The van der Waals surface area contributed by atoms with Crippen LogP contribution in [0.15, 0.2) is 176 Å². The molecule has 9 aromatic carbocycles. The molecule has 6 aromatic heterocycles. The summed E-state index contributed by atoms with van der Waals surface area (Å²) in [6.07, 6.45) is 0. The second-order valence-electron chi connectivity index (χ2n) is 16.1. The third-order valence-corrected chi connectivity index (χ3v) is 14.3. The Morgan fingerprint density at radius 2 is 0.983 bits per heavy atom. The van der Waals surface area contributed by atoms with Crippen LogP contribution < -0.4 is 0 Å². The van der Waals surface area contributed by atoms with E-state index < -0.39 is 0 Å². The summed E-state index contributed by atoms with van der Waals surface area (Å²) < 4.78 is 9.51. The van der Waals surface area contributed by atoms with E-state index in [4.69, 9.17) is 9.97 Å². The predicted octanol–water partition coefficient (Wildman–Crippen LogP) is 14.5. The Bertz CT molecular complexity index is 4370. The van der Waals surface area contributed by atoms with Crippen LogP contribution in [0.5, 0.6) is 0 Å². The first kappa shape index (κ1) is 31.2. The molecular formula is C54H29N5S. The SMILES string of the molecule is c1ccc2cc3c(cc2c1)c1cc2c4ccccc4n4c5ccccc5c(c1n3-c1nc(-n3c5ccccc5c5c6ccccc6ccc53)c3sc5ccccc5c3n1)c24. The molecule has 0 spiro atoms. The summed E-state index contributed by atoms with van der Waals surface area (Å²) in [7, 11) is 0. The molecule has 276 valence electrons. The Morgan fingerprint density at radius 3 is 1.80 bits per heavy atom. The topological polar surface area (TPSA) is 40.0 Å². The first-order valence-electron chi connectivity index (χ1n) is 20.4. The molecular weight excluding hydrogens is 751 g/mol. The van der Waals surface area contributed by atoms with Crippen molar-refractivity contribution in [2.24, 2.45) is 0 Å². The van der Waals surface area contributed by atoms with Crippen LogP contribution in [0.4, 0.5) is 0 Å². The number of fused-ring (bicyclic) bond motifs is 19. The maximum Gasteiger partial charge on any atom is 0.237 e. The average molecular weight is 780 g/mol. The van der Waals surface area contributed by atoms with Gasteiger partial charge in [-0.1, -0.05) is 127 Å². The summed E-state index contributed by atoms with van der Waals surface area (Å²) in [5, 5.41) is 15.8. The van der Waals surface area contributed by atoms with Crippen LogP contribution in [0, 0.1) is 0 Å². The number of nitrogens with zero attached hydrogens (tertiary/aromatic N) is 5. The molecule has 0 saturated carbocycles. The Kier molecular flexibility index (Phi) is 5.74. The van der Waals surface area contributed by atoms with Crippen LogP contribution in [0.2, 0.25) is 0 Å². The number of thiophene rings is 1. The first-order chi connectivity index (χ1) is 29.8. The van der Waals surface area contributed by atoms with Gasteiger partial charge in [-0.25, -0.2) is 4.98 Å². The van der Waals surface area contributed by atoms with E-state index in [1.807, 2.05) is 0 Å². The van der Waals surface area contributed by atoms with E-state index in [0.29, 0.717) is 5.95 Å². The van der Waals surface area contributed by atoms with Gasteiger partial charge >= 0.3 is 0 Å². The van der Waals surface area contributed by atoms with Crippen LogP contribution in [-0.4, -0.2) is 23.5 Å². The predicted molar refractivity (Wildman–Crippen MR) is 253 cm³/mol. The van der Waals surface area contributed by atoms with Gasteiger partial charge in [-0.2, -0.15) is 4.98 Å². The van der Waals surface area contributed by atoms with Gasteiger partial charge in [-0.05, 0) is 70.1 Å². The van der Waals surface area contributed by atoms with Gasteiger partial charge in [0.15, 0.2) is 5.82 Å². The van der Waals surface area contributed by atoms with E-state index in [1.54, 1.807) is 11.3 Å². The number of aromatic nitrogens is 5. The lowest BCUT2D eigenvalue weighted by Crippen LogP contribution is -2.06. The Balaban J connectivity index is 1.19. The highest BCUT2D eigenvalue weighted by Gasteiger charge is 2.27. The number of benzene rings is 9. The van der Waals surface area contributed by atoms with Crippen LogP contribution in [0.3, 0.4) is 0 Å². The molecule has 0 amide bonds. The van der Waals surface area contributed by atoms with Gasteiger partial charge in [-0.15, -0.1) is 11.3 Å². The first-order valence-corrected chi connectivity index (χ1v) is 21.2. The Hall–Kier alpha value is -7.80. The minimum atomic E-state index is 0.658. The minimum absolute atomic E-state index is 0.658. The van der Waals surface area contributed by atoms with Crippen molar-refractivity contribution in [2.45, 2.75) is 0 Å². The normalized spacial score (nSPS) is 12.7. The number of hydrogen-bond donors (Lipinski definition) is 0. The quantitative estimate of drug-likeness (QED) is 0.175. The third-order valence-electron chi connectivity index (χ3n) is 13.1. The zero-order valence-corrected chi connectivity index (χ0v) is 32.7. The van der Waals surface area contributed by atoms with Gasteiger partial charge in [0.2, 0.25) is 5.95 Å². The molecule has 60 heavy (non-hydrogen) atoms. The molecule has 0 radical (unpaired) electrons. The third kappa shape index (κ3) is 3.78. The highest BCUT2D eigenvalue weighted by Crippen LogP contribution is 2.48. The van der Waals surface area contributed by atoms with Crippen LogP contribution >= 0.6 is 11.3 Å². The summed E-state index contributed by atoms with van der Waals surface area (Å²) in [6.45, 7) is 0. The van der Waals surface area contributed by atoms with Crippen molar-refractivity contribution >= 4 is 135 Å². The van der Waals surface area contributed by atoms with Crippen molar-refractivity contribution < 1.29 is 0 Å². The van der Waals surface area contributed by atoms with Crippen LogP contribution in [-0.2, 0) is 0 Å². The summed E-state index contributed by atoms with van der Waals surface area (Å²) in [5.74, 6) is 1.55. The largest absolute Gasteiger partial charge is 0.308 e. The minimum Gasteiger partial charge on any atom is -0.308 e. The fourth-order valence-corrected chi connectivity index (χ4v) is 11.8. The van der Waals surface area contributed by atoms with E-state index >= 15 is 0 Å². The maximum atomic E-state index is 5.83. The summed E-state index contributed by atoms with van der Waals surface area (Å²) in [4.78, 5) is 11.5. The fourth-order valence-electron chi connectivity index (χ4n) is 10.7. The van der Waals surface area contributed by atoms with Crippen molar-refractivity contribution in [2.75, 3.05) is 0 Å². The van der Waals surface area contributed by atoms with Crippen LogP contribution in [0.25, 0.3) is 135 Å². The molecule has 15 rings (SSSR count). The van der Waals surface area contributed by atoms with Crippen molar-refractivity contribution in [1.82, 2.24) is 23.5 Å². The van der Waals surface area contributed by atoms with Gasteiger partial charge < -0.3 is 4.40 Å². The second-order valence-corrected chi connectivity index (χ2v) is 17.2. The highest BCUT2D eigenvalue weighted by molar-refractivity contribution is 7.26. The number of hydrogen-bond acceptors (Lipinski definition) is 3. The Morgan fingerprint density at radius 1 is 0.367 bits per heavy atom. The van der Waals surface area contributed by atoms with Crippen molar-refractivity contribution in [3.63, 3.8) is 0 Å². The summed E-state index contributed by atoms with van der Waals surface area (Å²) in [5.41, 5.74) is 9.08. The van der Waals surface area contributed by atoms with E-state index in [0.717, 1.165) is 43.5 Å². The molecule has 0 bridgehead atoms. The molecule has 0 unspecified atom stereocenters. The van der Waals surface area contributed by atoms with Crippen molar-refractivity contribution in [1.29, 1.82) is 0 Å². The lowest BCUT2D eigenvalue weighted by Gasteiger charge is -2.13. The smallest absolute Gasteiger partial charge is 0.237 e. The molecule has 15 aromatic rings. The van der Waals surface area contributed by atoms with E-state index in [2.05, 4.69) is 189 Å². The second kappa shape index (κ2) is 11.0. The molecule has 5 nitrogen and oxygen atoms in total. The molecule has 6 heteroatoms. The zero-order valence-electron chi connectivity index (χ0n) is 31.9. The van der Waals surface area contributed by atoms with Crippen LogP contribution in [0.1, 0.15) is 0 Å². The standard InChI is InChI=1S/C54H29N5S/c1-2-15-32-28-45-38(27-31(32)14-1)40-29-39-34-17-5-9-21-41(34)57-42-22-10-7-19-36(42)48(50(39)57)51(40)59(45)54-55-49-37-20-8-12-24-46(37)60-52(49)53(56-54)58-43-23-11-6-18-35(43)47-33-16-4-3-13-30(33)25-26-44(47)58/h1-29H. The molecule has 6 heterocycles. The lowest BCUT2D eigenvalue weighted by molar-refractivity contribution is 0.979. The molecule has 0 N–H and O–H groups in total. The van der Waals surface area contributed by atoms with Gasteiger partial charge in [0, 0.05) is 53.2 Å². The summed E-state index contributed by atoms with van der Waals surface area (Å²) in [6, 6.07) is 64.3. The lowest BCUT2D eigenvalue weighted by atomic mass is 10.0. The van der Waals surface area contributed by atoms with E-state index in [1.165, 1.54) is 85.9 Å². The van der Waals surface area contributed by atoms with Crippen molar-refractivity contribution in [3.8, 4) is 11.8 Å². The zero-order chi connectivity index (χ0) is 38.8. The van der Waals surface area contributed by atoms with Crippen molar-refractivity contribution in [3.05, 3.63) is 176 Å². The highest BCUT2D eigenvalue weighted by atomic mass is 32.1. The molecule has 0 aliphatic rings. The maximum absolute atomic E-state index is 5.83. The van der Waals surface area contributed by atoms with Gasteiger partial charge in [-0.3, -0.25) is 9.13 Å². The average Bonchev–Trinajstić information content (AvgIpc) is 4.10. The van der Waals surface area contributed by atoms with Gasteiger partial charge in [0.1, 0.15) is 0 Å². The Labute approximate surface area is 344 Å². The van der Waals surface area contributed by atoms with E-state index in [-0.39, 0.29) is 0 Å². The molecule has 0 atom stereocenters. The molecule has 0 saturated heterocycles.